The molecule has 0 spiro atoms. The van der Waals surface area contributed by atoms with Crippen LogP contribution in [0.3, 0.4) is 0 Å². The van der Waals surface area contributed by atoms with Gasteiger partial charge in [0, 0.05) is 13.2 Å². The van der Waals surface area contributed by atoms with E-state index in [1.54, 1.807) is 0 Å². The van der Waals surface area contributed by atoms with Gasteiger partial charge in [-0.3, -0.25) is 0 Å². The van der Waals surface area contributed by atoms with Gasteiger partial charge < -0.3 is 8.85 Å². The molecule has 0 saturated carbocycles. The fourth-order valence-corrected chi connectivity index (χ4v) is 3.31. The first kappa shape index (κ1) is 14.1. The Morgan fingerprint density at radius 3 is 1.79 bits per heavy atom. The lowest BCUT2D eigenvalue weighted by Crippen LogP contribution is -2.28. The topological polar surface area (TPSA) is 18.5 Å². The molecule has 0 amide bonds. The van der Waals surface area contributed by atoms with Crippen LogP contribution in [0.25, 0.3) is 0 Å². The number of hydrogen-bond acceptors (Lipinski definition) is 2. The minimum Gasteiger partial charge on any atom is -0.397 e. The van der Waals surface area contributed by atoms with E-state index in [0.29, 0.717) is 5.54 Å². The van der Waals surface area contributed by atoms with Crippen molar-refractivity contribution < 1.29 is 8.85 Å². The van der Waals surface area contributed by atoms with Crippen LogP contribution in [-0.4, -0.2) is 22.5 Å². The second kappa shape index (κ2) is 8.45. The smallest absolute Gasteiger partial charge is 0.324 e. The van der Waals surface area contributed by atoms with Crippen LogP contribution in [0.2, 0.25) is 5.54 Å². The van der Waals surface area contributed by atoms with Crippen LogP contribution >= 0.6 is 0 Å². The van der Waals surface area contributed by atoms with Crippen LogP contribution in [0.4, 0.5) is 0 Å². The Hall–Kier alpha value is 0.137. The van der Waals surface area contributed by atoms with E-state index in [1.165, 1.54) is 12.8 Å². The highest BCUT2D eigenvalue weighted by molar-refractivity contribution is 6.46. The maximum absolute atomic E-state index is 5.69. The van der Waals surface area contributed by atoms with E-state index in [-0.39, 0.29) is 0 Å². The highest BCUT2D eigenvalue weighted by Gasteiger charge is 2.21. The molecule has 0 rings (SSSR count). The Balaban J connectivity index is 3.81. The standard InChI is InChI=1S/C11H26O2Si/c1-6-12-14(13-7-2)11(5)9-8-10(3)4/h10-11,14H,6-9H2,1-5H3. The quantitative estimate of drug-likeness (QED) is 0.583. The average molecular weight is 218 g/mol. The third-order valence-corrected chi connectivity index (χ3v) is 4.91. The van der Waals surface area contributed by atoms with Crippen molar-refractivity contribution in [3.05, 3.63) is 0 Å². The second-order valence-electron chi connectivity index (χ2n) is 4.23. The molecule has 3 heteroatoms. The normalized spacial score (nSPS) is 13.9. The molecule has 0 radical (unpaired) electrons. The van der Waals surface area contributed by atoms with E-state index in [9.17, 15) is 0 Å². The van der Waals surface area contributed by atoms with E-state index in [1.807, 2.05) is 13.8 Å². The van der Waals surface area contributed by atoms with Gasteiger partial charge in [-0.1, -0.05) is 27.2 Å². The lowest BCUT2D eigenvalue weighted by molar-refractivity contribution is 0.203. The van der Waals surface area contributed by atoms with Crippen molar-refractivity contribution in [3.8, 4) is 0 Å². The van der Waals surface area contributed by atoms with Crippen LogP contribution in [0.1, 0.15) is 47.5 Å². The van der Waals surface area contributed by atoms with Crippen LogP contribution in [0, 0.1) is 5.92 Å². The lowest BCUT2D eigenvalue weighted by Gasteiger charge is -2.21. The van der Waals surface area contributed by atoms with E-state index in [0.717, 1.165) is 19.1 Å². The summed E-state index contributed by atoms with van der Waals surface area (Å²) in [5, 5.41) is 0. The van der Waals surface area contributed by atoms with Gasteiger partial charge in [0.1, 0.15) is 0 Å². The molecule has 0 heterocycles. The molecule has 0 aliphatic heterocycles. The van der Waals surface area contributed by atoms with Crippen LogP contribution in [0.15, 0.2) is 0 Å². The SMILES string of the molecule is CCO[SiH](OCC)C(C)CCC(C)C. The third-order valence-electron chi connectivity index (χ3n) is 2.33. The number of rotatable bonds is 8. The summed E-state index contributed by atoms with van der Waals surface area (Å²) < 4.78 is 11.4. The fraction of sp³-hybridized carbons (Fsp3) is 1.00. The van der Waals surface area contributed by atoms with Gasteiger partial charge in [0.2, 0.25) is 0 Å². The summed E-state index contributed by atoms with van der Waals surface area (Å²) in [4.78, 5) is 0. The van der Waals surface area contributed by atoms with Crippen molar-refractivity contribution >= 4 is 9.28 Å². The Labute approximate surface area is 90.8 Å². The summed E-state index contributed by atoms with van der Waals surface area (Å²) in [6.07, 6.45) is 2.53. The first-order valence-corrected chi connectivity index (χ1v) is 7.45. The Morgan fingerprint density at radius 2 is 1.43 bits per heavy atom. The molecule has 86 valence electrons. The summed E-state index contributed by atoms with van der Waals surface area (Å²) in [6.45, 7) is 12.5. The Kier molecular flexibility index (Phi) is 8.53. The van der Waals surface area contributed by atoms with Crippen LogP contribution in [0.5, 0.6) is 0 Å². The molecule has 0 fully saturated rings. The molecule has 1 unspecified atom stereocenters. The molecule has 2 nitrogen and oxygen atoms in total. The van der Waals surface area contributed by atoms with Gasteiger partial charge in [0.15, 0.2) is 0 Å². The molecule has 0 aliphatic rings. The second-order valence-corrected chi connectivity index (χ2v) is 6.77. The van der Waals surface area contributed by atoms with E-state index < -0.39 is 9.28 Å². The van der Waals surface area contributed by atoms with Crippen molar-refractivity contribution in [2.24, 2.45) is 5.92 Å². The third kappa shape index (κ3) is 6.57. The van der Waals surface area contributed by atoms with Gasteiger partial charge in [-0.15, -0.1) is 0 Å². The monoisotopic (exact) mass is 218 g/mol. The molecular formula is C11H26O2Si. The first-order chi connectivity index (χ1) is 6.61. The van der Waals surface area contributed by atoms with Gasteiger partial charge in [0.05, 0.1) is 0 Å². The zero-order valence-electron chi connectivity index (χ0n) is 10.4. The summed E-state index contributed by atoms with van der Waals surface area (Å²) in [5.74, 6) is 0.787. The maximum atomic E-state index is 5.69. The average Bonchev–Trinajstić information content (AvgIpc) is 2.14. The molecule has 1 atom stereocenters. The molecule has 0 aromatic carbocycles. The van der Waals surface area contributed by atoms with Crippen molar-refractivity contribution in [1.29, 1.82) is 0 Å². The van der Waals surface area contributed by atoms with Gasteiger partial charge in [0.25, 0.3) is 0 Å². The van der Waals surface area contributed by atoms with Crippen molar-refractivity contribution in [3.63, 3.8) is 0 Å². The summed E-state index contributed by atoms with van der Waals surface area (Å²) in [5.41, 5.74) is 0.636. The molecular weight excluding hydrogens is 192 g/mol. The summed E-state index contributed by atoms with van der Waals surface area (Å²) in [7, 11) is -1.39. The van der Waals surface area contributed by atoms with Crippen molar-refractivity contribution in [2.75, 3.05) is 13.2 Å². The summed E-state index contributed by atoms with van der Waals surface area (Å²) in [6, 6.07) is 0. The maximum Gasteiger partial charge on any atom is 0.324 e. The molecule has 0 bridgehead atoms. The van der Waals surface area contributed by atoms with Crippen LogP contribution < -0.4 is 0 Å². The van der Waals surface area contributed by atoms with E-state index in [4.69, 9.17) is 8.85 Å². The Bertz CT molecular complexity index is 122. The van der Waals surface area contributed by atoms with Gasteiger partial charge in [-0.25, -0.2) is 0 Å². The van der Waals surface area contributed by atoms with E-state index >= 15 is 0 Å². The predicted molar refractivity (Wildman–Crippen MR) is 63.9 cm³/mol. The lowest BCUT2D eigenvalue weighted by atomic mass is 10.1. The summed E-state index contributed by atoms with van der Waals surface area (Å²) >= 11 is 0. The van der Waals surface area contributed by atoms with Crippen LogP contribution in [-0.2, 0) is 8.85 Å². The van der Waals surface area contributed by atoms with Gasteiger partial charge in [-0.05, 0) is 31.7 Å². The first-order valence-electron chi connectivity index (χ1n) is 5.84. The Morgan fingerprint density at radius 1 is 0.929 bits per heavy atom. The zero-order valence-corrected chi connectivity index (χ0v) is 11.5. The van der Waals surface area contributed by atoms with Crippen molar-refractivity contribution in [2.45, 2.75) is 53.0 Å². The highest BCUT2D eigenvalue weighted by atomic mass is 28.3. The molecule has 0 aromatic rings. The molecule has 0 saturated heterocycles. The minimum atomic E-state index is -1.39. The number of hydrogen-bond donors (Lipinski definition) is 0. The van der Waals surface area contributed by atoms with Gasteiger partial charge in [-0.2, -0.15) is 0 Å². The zero-order chi connectivity index (χ0) is 11.0. The molecule has 0 aromatic heterocycles. The predicted octanol–water partition coefficient (Wildman–Crippen LogP) is 3.11. The van der Waals surface area contributed by atoms with E-state index in [2.05, 4.69) is 20.8 Å². The minimum absolute atomic E-state index is 0.636. The van der Waals surface area contributed by atoms with Gasteiger partial charge >= 0.3 is 9.28 Å². The molecule has 0 aliphatic carbocycles. The molecule has 0 N–H and O–H groups in total. The largest absolute Gasteiger partial charge is 0.397 e. The van der Waals surface area contributed by atoms with Crippen molar-refractivity contribution in [1.82, 2.24) is 0 Å². The fourth-order valence-electron chi connectivity index (χ4n) is 1.44. The molecule has 14 heavy (non-hydrogen) atoms. The highest BCUT2D eigenvalue weighted by Crippen LogP contribution is 2.21.